The molecular weight excluding hydrogens is 252 g/mol. The average molecular weight is 284 g/mol. The first-order valence-corrected chi connectivity index (χ1v) is 5.55. The van der Waals surface area contributed by atoms with Crippen LogP contribution in [0.2, 0.25) is 0 Å². The monoisotopic (exact) mass is 284 g/mol. The second-order valence-electron chi connectivity index (χ2n) is 4.05. The molecule has 0 radical (unpaired) electrons. The Morgan fingerprint density at radius 3 is 0.765 bits per heavy atom. The van der Waals surface area contributed by atoms with E-state index in [0.717, 1.165) is 0 Å². The van der Waals surface area contributed by atoms with Crippen LogP contribution < -0.4 is 0 Å². The Hall–Kier alpha value is 0.554. The quantitative estimate of drug-likeness (QED) is 0.765. The zero-order chi connectivity index (χ0) is 14.0. The van der Waals surface area contributed by atoms with E-state index in [1.54, 1.807) is 28.2 Å². The van der Waals surface area contributed by atoms with Crippen LogP contribution in [0, 0.1) is 11.8 Å². The second kappa shape index (κ2) is 36.0. The molecule has 0 unspecified atom stereocenters. The summed E-state index contributed by atoms with van der Waals surface area (Å²) >= 11 is 0. The topological polar surface area (TPSA) is 68.7 Å². The first-order valence-electron chi connectivity index (χ1n) is 5.55. The number of hydrogen-bond acceptors (Lipinski definition) is 2. The van der Waals surface area contributed by atoms with Crippen LogP contribution >= 0.6 is 0 Å². The summed E-state index contributed by atoms with van der Waals surface area (Å²) in [6, 6.07) is 0. The molecule has 0 fully saturated rings. The standard InChI is InChI=1S/2C4H10O.2C2H6N.Ti/c2*1-4(2)3-5;2*1-3-2;/h2*4-5H,3H2,1-2H3;2*1-2H3;/q;;2*-1;+2. The number of rotatable bonds is 2. The maximum atomic E-state index is 8.14. The van der Waals surface area contributed by atoms with E-state index in [2.05, 4.69) is 10.6 Å². The van der Waals surface area contributed by atoms with Gasteiger partial charge in [0.25, 0.3) is 0 Å². The molecule has 0 bridgehead atoms. The first kappa shape index (κ1) is 30.5. The predicted octanol–water partition coefficient (Wildman–Crippen LogP) is 2.51. The third-order valence-corrected chi connectivity index (χ3v) is 0.730. The van der Waals surface area contributed by atoms with E-state index in [4.69, 9.17) is 10.2 Å². The molecule has 0 heterocycles. The fourth-order valence-corrected chi connectivity index (χ4v) is 0. The predicted molar refractivity (Wildman–Crippen MR) is 74.3 cm³/mol. The van der Waals surface area contributed by atoms with Crippen molar-refractivity contribution in [3.8, 4) is 0 Å². The Kier molecular flexibility index (Phi) is 64.6. The van der Waals surface area contributed by atoms with Gasteiger partial charge in [0.2, 0.25) is 0 Å². The van der Waals surface area contributed by atoms with Crippen molar-refractivity contribution < 1.29 is 31.9 Å². The van der Waals surface area contributed by atoms with E-state index in [-0.39, 0.29) is 21.7 Å². The van der Waals surface area contributed by atoms with Crippen LogP contribution in [0.5, 0.6) is 0 Å². The molecule has 0 amide bonds. The molecule has 17 heavy (non-hydrogen) atoms. The van der Waals surface area contributed by atoms with Gasteiger partial charge in [0, 0.05) is 13.2 Å². The minimum absolute atomic E-state index is 0. The number of aliphatic hydroxyl groups excluding tert-OH is 2. The smallest absolute Gasteiger partial charge is 0.668 e. The molecule has 0 aliphatic rings. The Morgan fingerprint density at radius 2 is 0.765 bits per heavy atom. The number of hydrogen-bond donors (Lipinski definition) is 2. The summed E-state index contributed by atoms with van der Waals surface area (Å²) in [5.41, 5.74) is 0. The molecule has 0 atom stereocenters. The molecule has 0 saturated carbocycles. The van der Waals surface area contributed by atoms with Crippen LogP contribution in [-0.2, 0) is 21.7 Å². The van der Waals surface area contributed by atoms with Crippen molar-refractivity contribution in [1.82, 2.24) is 0 Å². The molecule has 0 spiro atoms. The molecule has 4 nitrogen and oxygen atoms in total. The van der Waals surface area contributed by atoms with Gasteiger partial charge in [0.05, 0.1) is 0 Å². The molecule has 0 aromatic rings. The van der Waals surface area contributed by atoms with Gasteiger partial charge in [-0.05, 0) is 11.8 Å². The molecule has 106 valence electrons. The van der Waals surface area contributed by atoms with E-state index in [1.807, 2.05) is 27.7 Å². The van der Waals surface area contributed by atoms with Crippen molar-refractivity contribution in [2.75, 3.05) is 41.4 Å². The Labute approximate surface area is 123 Å². The van der Waals surface area contributed by atoms with Crippen molar-refractivity contribution in [1.29, 1.82) is 0 Å². The summed E-state index contributed by atoms with van der Waals surface area (Å²) < 4.78 is 0. The molecule has 0 aromatic carbocycles. The third kappa shape index (κ3) is 169. The van der Waals surface area contributed by atoms with Crippen molar-refractivity contribution in [3.05, 3.63) is 10.6 Å². The van der Waals surface area contributed by atoms with Crippen LogP contribution in [0.1, 0.15) is 27.7 Å². The second-order valence-corrected chi connectivity index (χ2v) is 4.05. The molecule has 0 aliphatic heterocycles. The van der Waals surface area contributed by atoms with Gasteiger partial charge in [-0.2, -0.15) is 28.2 Å². The zero-order valence-electron chi connectivity index (χ0n) is 12.9. The maximum absolute atomic E-state index is 8.14. The average Bonchev–Trinajstić information content (AvgIpc) is 2.21. The van der Waals surface area contributed by atoms with Gasteiger partial charge in [-0.1, -0.05) is 27.7 Å². The summed E-state index contributed by atoms with van der Waals surface area (Å²) in [7, 11) is 7.00. The summed E-state index contributed by atoms with van der Waals surface area (Å²) in [5.74, 6) is 0.880. The normalized spacial score (nSPS) is 7.76. The first-order chi connectivity index (χ1) is 7.37. The van der Waals surface area contributed by atoms with E-state index in [1.165, 1.54) is 0 Å². The van der Waals surface area contributed by atoms with Crippen LogP contribution in [0.4, 0.5) is 0 Å². The largest absolute Gasteiger partial charge is 2.00 e. The Morgan fingerprint density at radius 1 is 0.706 bits per heavy atom. The van der Waals surface area contributed by atoms with Gasteiger partial charge in [0.15, 0.2) is 0 Å². The summed E-state index contributed by atoms with van der Waals surface area (Å²) in [6.45, 7) is 8.50. The van der Waals surface area contributed by atoms with Crippen molar-refractivity contribution in [2.45, 2.75) is 27.7 Å². The van der Waals surface area contributed by atoms with Crippen molar-refractivity contribution in [2.24, 2.45) is 11.8 Å². The van der Waals surface area contributed by atoms with Gasteiger partial charge < -0.3 is 20.8 Å². The molecular formula is C12H32N2O2Ti. The minimum atomic E-state index is 0. The van der Waals surface area contributed by atoms with E-state index in [9.17, 15) is 0 Å². The van der Waals surface area contributed by atoms with E-state index < -0.39 is 0 Å². The molecule has 0 aromatic heterocycles. The van der Waals surface area contributed by atoms with E-state index >= 15 is 0 Å². The van der Waals surface area contributed by atoms with E-state index in [0.29, 0.717) is 25.0 Å². The third-order valence-electron chi connectivity index (χ3n) is 0.730. The molecule has 0 rings (SSSR count). The van der Waals surface area contributed by atoms with Crippen LogP contribution in [0.15, 0.2) is 0 Å². The van der Waals surface area contributed by atoms with Crippen LogP contribution in [0.3, 0.4) is 0 Å². The minimum Gasteiger partial charge on any atom is -0.668 e. The molecule has 0 saturated heterocycles. The van der Waals surface area contributed by atoms with Gasteiger partial charge in [-0.15, -0.1) is 0 Å². The van der Waals surface area contributed by atoms with Crippen LogP contribution in [0.25, 0.3) is 10.6 Å². The Bertz CT molecular complexity index is 74.9. The summed E-state index contributed by atoms with van der Waals surface area (Å²) in [4.78, 5) is 0. The van der Waals surface area contributed by atoms with Crippen LogP contribution in [-0.4, -0.2) is 51.6 Å². The van der Waals surface area contributed by atoms with Crippen molar-refractivity contribution >= 4 is 0 Å². The molecule has 2 N–H and O–H groups in total. The maximum Gasteiger partial charge on any atom is 2.00 e. The molecule has 0 aliphatic carbocycles. The van der Waals surface area contributed by atoms with Crippen molar-refractivity contribution in [3.63, 3.8) is 0 Å². The zero-order valence-corrected chi connectivity index (χ0v) is 14.4. The summed E-state index contributed by atoms with van der Waals surface area (Å²) in [6.07, 6.45) is 0. The number of nitrogens with zero attached hydrogens (tertiary/aromatic N) is 2. The van der Waals surface area contributed by atoms with Gasteiger partial charge in [-0.3, -0.25) is 0 Å². The van der Waals surface area contributed by atoms with Gasteiger partial charge in [0.1, 0.15) is 0 Å². The number of aliphatic hydroxyl groups is 2. The fourth-order valence-electron chi connectivity index (χ4n) is 0. The molecule has 5 heteroatoms. The van der Waals surface area contributed by atoms with Gasteiger partial charge >= 0.3 is 21.7 Å². The summed E-state index contributed by atoms with van der Waals surface area (Å²) in [5, 5.41) is 23.3. The fraction of sp³-hybridized carbons (Fsp3) is 1.00. The van der Waals surface area contributed by atoms with Gasteiger partial charge in [-0.25, -0.2) is 0 Å². The Balaban J connectivity index is -0.0000000381. The SMILES string of the molecule is CC(C)CO.CC(C)CO.C[N-]C.C[N-]C.[Ti+2].